The molecule has 2 aromatic carbocycles. The maximum Gasteiger partial charge on any atom is 0.241 e. The lowest BCUT2D eigenvalue weighted by Crippen LogP contribution is -2.38. The first-order valence-electron chi connectivity index (χ1n) is 7.66. The van der Waals surface area contributed by atoms with Crippen LogP contribution in [-0.2, 0) is 11.3 Å². The summed E-state index contributed by atoms with van der Waals surface area (Å²) in [6.07, 6.45) is 2.04. The predicted octanol–water partition coefficient (Wildman–Crippen LogP) is 3.59. The third-order valence-corrected chi connectivity index (χ3v) is 4.21. The third-order valence-electron chi connectivity index (χ3n) is 3.84. The molecule has 0 bridgehead atoms. The fraction of sp³-hybridized carbons (Fsp3) is 0.278. The molecule has 23 heavy (non-hydrogen) atoms. The van der Waals surface area contributed by atoms with Crippen LogP contribution in [0.3, 0.4) is 0 Å². The molecule has 2 N–H and O–H groups in total. The summed E-state index contributed by atoms with van der Waals surface area (Å²) in [6.45, 7) is 0.458. The van der Waals surface area contributed by atoms with Gasteiger partial charge < -0.3 is 5.32 Å². The van der Waals surface area contributed by atoms with Gasteiger partial charge in [0, 0.05) is 17.6 Å². The maximum atomic E-state index is 13.1. The van der Waals surface area contributed by atoms with Crippen molar-refractivity contribution >= 4 is 17.5 Å². The molecule has 0 aliphatic heterocycles. The third kappa shape index (κ3) is 4.30. The molecule has 1 aliphatic rings. The standard InChI is InChI=1S/C18H18ClFN2O/c19-16-4-2-1-3-13(16)11-21-17(18(23)22-15-9-10-15)12-5-7-14(20)8-6-12/h1-8,15,17,21H,9-11H2,(H,22,23)/t17-/m0/s1. The van der Waals surface area contributed by atoms with Crippen molar-refractivity contribution in [3.8, 4) is 0 Å². The Balaban J connectivity index is 1.75. The summed E-state index contributed by atoms with van der Waals surface area (Å²) < 4.78 is 13.1. The van der Waals surface area contributed by atoms with Crippen LogP contribution >= 0.6 is 11.6 Å². The molecule has 0 unspecified atom stereocenters. The van der Waals surface area contributed by atoms with Gasteiger partial charge in [-0.15, -0.1) is 0 Å². The van der Waals surface area contributed by atoms with Crippen LogP contribution in [0.4, 0.5) is 4.39 Å². The zero-order valence-corrected chi connectivity index (χ0v) is 13.3. The van der Waals surface area contributed by atoms with Crippen LogP contribution in [-0.4, -0.2) is 11.9 Å². The van der Waals surface area contributed by atoms with E-state index in [0.29, 0.717) is 11.6 Å². The van der Waals surface area contributed by atoms with Crippen LogP contribution in [0.5, 0.6) is 0 Å². The van der Waals surface area contributed by atoms with E-state index in [1.54, 1.807) is 12.1 Å². The molecule has 3 nitrogen and oxygen atoms in total. The number of amides is 1. The van der Waals surface area contributed by atoms with Crippen LogP contribution in [0, 0.1) is 5.82 Å². The van der Waals surface area contributed by atoms with Gasteiger partial charge in [0.15, 0.2) is 0 Å². The highest BCUT2D eigenvalue weighted by Gasteiger charge is 2.28. The molecule has 0 heterocycles. The second-order valence-corrected chi connectivity index (χ2v) is 6.15. The summed E-state index contributed by atoms with van der Waals surface area (Å²) in [5.74, 6) is -0.410. The molecule has 1 fully saturated rings. The van der Waals surface area contributed by atoms with Crippen molar-refractivity contribution in [3.05, 3.63) is 70.5 Å². The molecule has 1 aliphatic carbocycles. The Kier molecular flexibility index (Phi) is 4.94. The normalized spacial score (nSPS) is 15.2. The second-order valence-electron chi connectivity index (χ2n) is 5.74. The Morgan fingerprint density at radius 2 is 1.87 bits per heavy atom. The monoisotopic (exact) mass is 332 g/mol. The first-order valence-corrected chi connectivity index (χ1v) is 8.04. The summed E-state index contributed by atoms with van der Waals surface area (Å²) in [7, 11) is 0. The second kappa shape index (κ2) is 7.11. The number of benzene rings is 2. The fourth-order valence-corrected chi connectivity index (χ4v) is 2.59. The van der Waals surface area contributed by atoms with Gasteiger partial charge in [0.1, 0.15) is 11.9 Å². The van der Waals surface area contributed by atoms with Crippen LogP contribution in [0.2, 0.25) is 5.02 Å². The topological polar surface area (TPSA) is 41.1 Å². The van der Waals surface area contributed by atoms with Crippen molar-refractivity contribution in [2.45, 2.75) is 31.5 Å². The summed E-state index contributed by atoms with van der Waals surface area (Å²) in [5, 5.41) is 6.87. The number of nitrogens with one attached hydrogen (secondary N) is 2. The minimum absolute atomic E-state index is 0.0915. The van der Waals surface area contributed by atoms with Crippen LogP contribution < -0.4 is 10.6 Å². The largest absolute Gasteiger partial charge is 0.352 e. The van der Waals surface area contributed by atoms with Crippen molar-refractivity contribution in [2.24, 2.45) is 0 Å². The maximum absolute atomic E-state index is 13.1. The zero-order chi connectivity index (χ0) is 16.2. The van der Waals surface area contributed by atoms with E-state index < -0.39 is 6.04 Å². The quantitative estimate of drug-likeness (QED) is 0.848. The summed E-state index contributed by atoms with van der Waals surface area (Å²) in [4.78, 5) is 12.5. The Bertz CT molecular complexity index is 686. The van der Waals surface area contributed by atoms with Gasteiger partial charge in [-0.05, 0) is 42.2 Å². The average molecular weight is 333 g/mol. The van der Waals surface area contributed by atoms with Crippen molar-refractivity contribution in [3.63, 3.8) is 0 Å². The molecular formula is C18H18ClFN2O. The Hall–Kier alpha value is -1.91. The first-order chi connectivity index (χ1) is 11.1. The first kappa shape index (κ1) is 16.0. The Morgan fingerprint density at radius 3 is 2.52 bits per heavy atom. The molecule has 1 atom stereocenters. The molecule has 3 rings (SSSR count). The summed E-state index contributed by atoms with van der Waals surface area (Å²) >= 11 is 6.16. The van der Waals surface area contributed by atoms with Gasteiger partial charge in [-0.1, -0.05) is 41.9 Å². The Labute approximate surface area is 139 Å². The number of carbonyl (C=O) groups is 1. The molecule has 0 spiro atoms. The van der Waals surface area contributed by atoms with E-state index >= 15 is 0 Å². The average Bonchev–Trinajstić information content (AvgIpc) is 3.35. The minimum atomic E-state index is -0.535. The molecule has 1 saturated carbocycles. The summed E-state index contributed by atoms with van der Waals surface area (Å²) in [6, 6.07) is 13.2. The smallest absolute Gasteiger partial charge is 0.241 e. The van der Waals surface area contributed by atoms with Gasteiger partial charge in [0.2, 0.25) is 5.91 Å². The predicted molar refractivity (Wildman–Crippen MR) is 88.6 cm³/mol. The highest BCUT2D eigenvalue weighted by molar-refractivity contribution is 6.31. The summed E-state index contributed by atoms with van der Waals surface area (Å²) in [5.41, 5.74) is 1.65. The van der Waals surface area contributed by atoms with Crippen molar-refractivity contribution in [1.82, 2.24) is 10.6 Å². The molecular weight excluding hydrogens is 315 g/mol. The van der Waals surface area contributed by atoms with Crippen LogP contribution in [0.15, 0.2) is 48.5 Å². The van der Waals surface area contributed by atoms with E-state index in [-0.39, 0.29) is 17.8 Å². The van der Waals surface area contributed by atoms with Crippen LogP contribution in [0.1, 0.15) is 30.0 Å². The number of carbonyl (C=O) groups excluding carboxylic acids is 1. The van der Waals surface area contributed by atoms with E-state index in [2.05, 4.69) is 10.6 Å². The van der Waals surface area contributed by atoms with E-state index in [0.717, 1.165) is 24.0 Å². The molecule has 1 amide bonds. The van der Waals surface area contributed by atoms with E-state index in [9.17, 15) is 9.18 Å². The van der Waals surface area contributed by atoms with Gasteiger partial charge >= 0.3 is 0 Å². The highest BCUT2D eigenvalue weighted by atomic mass is 35.5. The fourth-order valence-electron chi connectivity index (χ4n) is 2.38. The molecule has 120 valence electrons. The van der Waals surface area contributed by atoms with Crippen molar-refractivity contribution in [1.29, 1.82) is 0 Å². The minimum Gasteiger partial charge on any atom is -0.352 e. The number of halogens is 2. The van der Waals surface area contributed by atoms with Gasteiger partial charge in [0.25, 0.3) is 0 Å². The number of rotatable bonds is 6. The van der Waals surface area contributed by atoms with E-state index in [4.69, 9.17) is 11.6 Å². The van der Waals surface area contributed by atoms with Crippen molar-refractivity contribution < 1.29 is 9.18 Å². The van der Waals surface area contributed by atoms with Gasteiger partial charge in [-0.3, -0.25) is 10.1 Å². The van der Waals surface area contributed by atoms with E-state index in [1.165, 1.54) is 12.1 Å². The van der Waals surface area contributed by atoms with Crippen LogP contribution in [0.25, 0.3) is 0 Å². The van der Waals surface area contributed by atoms with E-state index in [1.807, 2.05) is 24.3 Å². The van der Waals surface area contributed by atoms with Gasteiger partial charge in [0.05, 0.1) is 0 Å². The molecule has 5 heteroatoms. The lowest BCUT2D eigenvalue weighted by molar-refractivity contribution is -0.123. The molecule has 0 aromatic heterocycles. The zero-order valence-electron chi connectivity index (χ0n) is 12.6. The molecule has 0 radical (unpaired) electrons. The Morgan fingerprint density at radius 1 is 1.17 bits per heavy atom. The lowest BCUT2D eigenvalue weighted by atomic mass is 10.1. The number of hydrogen-bond acceptors (Lipinski definition) is 2. The van der Waals surface area contributed by atoms with Crippen molar-refractivity contribution in [2.75, 3.05) is 0 Å². The molecule has 0 saturated heterocycles. The van der Waals surface area contributed by atoms with Gasteiger partial charge in [-0.25, -0.2) is 4.39 Å². The lowest BCUT2D eigenvalue weighted by Gasteiger charge is -2.19. The highest BCUT2D eigenvalue weighted by Crippen LogP contribution is 2.22. The SMILES string of the molecule is O=C(NC1CC1)[C@@H](NCc1ccccc1Cl)c1ccc(F)cc1. The number of hydrogen-bond donors (Lipinski definition) is 2. The van der Waals surface area contributed by atoms with Gasteiger partial charge in [-0.2, -0.15) is 0 Å². The molecule has 2 aromatic rings.